The van der Waals surface area contributed by atoms with E-state index >= 15 is 0 Å². The Labute approximate surface area is 219 Å². The number of amides is 1. The molecule has 0 saturated carbocycles. The van der Waals surface area contributed by atoms with E-state index in [9.17, 15) is 9.18 Å². The summed E-state index contributed by atoms with van der Waals surface area (Å²) in [5.41, 5.74) is 2.36. The van der Waals surface area contributed by atoms with Gasteiger partial charge >= 0.3 is 6.01 Å². The van der Waals surface area contributed by atoms with Gasteiger partial charge in [-0.1, -0.05) is 0 Å². The second-order valence-corrected chi connectivity index (χ2v) is 10.2. The van der Waals surface area contributed by atoms with Crippen LogP contribution in [-0.2, 0) is 11.8 Å². The lowest BCUT2D eigenvalue weighted by Crippen LogP contribution is -2.54. The Morgan fingerprint density at radius 2 is 2.03 bits per heavy atom. The predicted molar refractivity (Wildman–Crippen MR) is 142 cm³/mol. The van der Waals surface area contributed by atoms with E-state index in [-0.39, 0.29) is 17.6 Å². The van der Waals surface area contributed by atoms with Crippen molar-refractivity contribution < 1.29 is 18.7 Å². The molecule has 2 N–H and O–H groups in total. The number of ether oxygens (including phenoxy) is 2. The lowest BCUT2D eigenvalue weighted by molar-refractivity contribution is -0.0733. The summed E-state index contributed by atoms with van der Waals surface area (Å²) >= 11 is 0. The summed E-state index contributed by atoms with van der Waals surface area (Å²) < 4.78 is 27.4. The van der Waals surface area contributed by atoms with Crippen LogP contribution in [0.15, 0.2) is 36.7 Å². The molecule has 4 aromatic rings. The number of piperazine rings is 1. The molecule has 1 unspecified atom stereocenters. The van der Waals surface area contributed by atoms with Crippen molar-refractivity contribution in [2.45, 2.75) is 38.5 Å². The maximum atomic E-state index is 14.6. The Hall–Kier alpha value is -3.83. The molecular formula is C27H30FN7O3. The van der Waals surface area contributed by atoms with Gasteiger partial charge in [-0.05, 0) is 38.1 Å². The SMILES string of the molecule is C[C@H]1CN(c2ccc(C(=O)Nc3cc(F)c4nn(C)cc4c3)c3nc(OCC4CCO4)ncc23)C[C@H](C)N1. The Morgan fingerprint density at radius 1 is 1.24 bits per heavy atom. The van der Waals surface area contributed by atoms with Crippen molar-refractivity contribution in [3.8, 4) is 6.01 Å². The van der Waals surface area contributed by atoms with E-state index in [1.165, 1.54) is 10.7 Å². The second-order valence-electron chi connectivity index (χ2n) is 10.2. The number of aryl methyl sites for hydroxylation is 1. The zero-order valence-electron chi connectivity index (χ0n) is 21.6. The number of hydrogen-bond donors (Lipinski definition) is 2. The smallest absolute Gasteiger partial charge is 0.317 e. The standard InChI is InChI=1S/C27H30FN7O3/c1-15-11-35(12-16(2)30-15)23-5-4-20(25-21(23)10-29-27(32-25)38-14-19-6-7-37-19)26(36)31-18-8-17-13-34(3)33-24(17)22(28)9-18/h4-5,8-10,13,15-16,19,30H,6-7,11-12,14H2,1-3H3,(H,31,36)/t15-,16-,19?/m0/s1. The van der Waals surface area contributed by atoms with Gasteiger partial charge in [0.2, 0.25) is 0 Å². The van der Waals surface area contributed by atoms with Crippen molar-refractivity contribution in [3.05, 3.63) is 48.0 Å². The molecule has 2 aliphatic heterocycles. The van der Waals surface area contributed by atoms with Crippen molar-refractivity contribution in [3.63, 3.8) is 0 Å². The second kappa shape index (κ2) is 9.80. The summed E-state index contributed by atoms with van der Waals surface area (Å²) in [6, 6.07) is 7.46. The number of anilines is 2. The maximum absolute atomic E-state index is 14.6. The third-order valence-electron chi connectivity index (χ3n) is 6.97. The van der Waals surface area contributed by atoms with Gasteiger partial charge in [0.15, 0.2) is 5.82 Å². The molecule has 0 bridgehead atoms. The summed E-state index contributed by atoms with van der Waals surface area (Å²) in [5.74, 6) is -0.907. The molecule has 2 saturated heterocycles. The Bertz CT molecular complexity index is 1510. The van der Waals surface area contributed by atoms with Crippen LogP contribution in [0, 0.1) is 5.82 Å². The zero-order chi connectivity index (χ0) is 26.4. The number of nitrogens with zero attached hydrogens (tertiary/aromatic N) is 5. The van der Waals surface area contributed by atoms with E-state index in [0.29, 0.717) is 40.8 Å². The number of fused-ring (bicyclic) bond motifs is 2. The molecule has 2 aliphatic rings. The van der Waals surface area contributed by atoms with Crippen molar-refractivity contribution in [2.24, 2.45) is 7.05 Å². The number of carbonyl (C=O) groups is 1. The fourth-order valence-electron chi connectivity index (χ4n) is 5.21. The lowest BCUT2D eigenvalue weighted by atomic mass is 10.0. The van der Waals surface area contributed by atoms with Gasteiger partial charge in [0, 0.05) is 79.8 Å². The quantitative estimate of drug-likeness (QED) is 0.400. The van der Waals surface area contributed by atoms with E-state index < -0.39 is 11.7 Å². The first-order valence-electron chi connectivity index (χ1n) is 12.8. The van der Waals surface area contributed by atoms with Crippen LogP contribution < -0.4 is 20.3 Å². The molecule has 3 atom stereocenters. The number of carbonyl (C=O) groups excluding carboxylic acids is 1. The van der Waals surface area contributed by atoms with Gasteiger partial charge in [-0.25, -0.2) is 9.37 Å². The molecule has 11 heteroatoms. The molecule has 0 spiro atoms. The van der Waals surface area contributed by atoms with Gasteiger partial charge in [0.25, 0.3) is 5.91 Å². The molecule has 4 heterocycles. The minimum atomic E-state index is -0.503. The Balaban J connectivity index is 1.36. The fourth-order valence-corrected chi connectivity index (χ4v) is 5.21. The number of rotatable bonds is 6. The summed E-state index contributed by atoms with van der Waals surface area (Å²) in [6.45, 7) is 7.00. The summed E-state index contributed by atoms with van der Waals surface area (Å²) in [5, 5.41) is 11.9. The topological polar surface area (TPSA) is 106 Å². The monoisotopic (exact) mass is 519 g/mol. The predicted octanol–water partition coefficient (Wildman–Crippen LogP) is 3.26. The first-order valence-corrected chi connectivity index (χ1v) is 12.8. The summed E-state index contributed by atoms with van der Waals surface area (Å²) in [6.07, 6.45) is 4.38. The molecular weight excluding hydrogens is 489 g/mol. The molecule has 0 radical (unpaired) electrons. The van der Waals surface area contributed by atoms with E-state index in [4.69, 9.17) is 9.47 Å². The molecule has 10 nitrogen and oxygen atoms in total. The molecule has 38 heavy (non-hydrogen) atoms. The Morgan fingerprint density at radius 3 is 2.76 bits per heavy atom. The highest BCUT2D eigenvalue weighted by Crippen LogP contribution is 2.31. The summed E-state index contributed by atoms with van der Waals surface area (Å²) in [4.78, 5) is 24.9. The zero-order valence-corrected chi connectivity index (χ0v) is 21.6. The first-order chi connectivity index (χ1) is 18.3. The van der Waals surface area contributed by atoms with Crippen LogP contribution in [0.2, 0.25) is 0 Å². The fraction of sp³-hybridized carbons (Fsp3) is 0.407. The largest absolute Gasteiger partial charge is 0.461 e. The van der Waals surface area contributed by atoms with E-state index in [1.54, 1.807) is 31.6 Å². The molecule has 1 amide bonds. The van der Waals surface area contributed by atoms with Gasteiger partial charge in [-0.15, -0.1) is 0 Å². The number of nitrogens with one attached hydrogen (secondary N) is 2. The number of aromatic nitrogens is 4. The molecule has 198 valence electrons. The highest BCUT2D eigenvalue weighted by Gasteiger charge is 2.25. The normalized spacial score (nSPS) is 21.5. The average molecular weight is 520 g/mol. The first kappa shape index (κ1) is 24.5. The van der Waals surface area contributed by atoms with Gasteiger partial charge in [0.05, 0.1) is 17.2 Å². The van der Waals surface area contributed by atoms with Crippen LogP contribution in [0.25, 0.3) is 21.8 Å². The molecule has 2 aromatic carbocycles. The van der Waals surface area contributed by atoms with Gasteiger partial charge in [0.1, 0.15) is 12.1 Å². The number of hydrogen-bond acceptors (Lipinski definition) is 8. The van der Waals surface area contributed by atoms with Crippen molar-refractivity contribution in [1.29, 1.82) is 0 Å². The minimum Gasteiger partial charge on any atom is -0.461 e. The highest BCUT2D eigenvalue weighted by molar-refractivity contribution is 6.14. The average Bonchev–Trinajstić information content (AvgIpc) is 3.22. The van der Waals surface area contributed by atoms with Crippen LogP contribution in [0.4, 0.5) is 15.8 Å². The van der Waals surface area contributed by atoms with Crippen LogP contribution in [0.5, 0.6) is 6.01 Å². The van der Waals surface area contributed by atoms with Crippen molar-refractivity contribution in [2.75, 3.05) is 36.5 Å². The van der Waals surface area contributed by atoms with E-state index in [2.05, 4.69) is 44.4 Å². The van der Waals surface area contributed by atoms with E-state index in [1.807, 2.05) is 6.07 Å². The van der Waals surface area contributed by atoms with Crippen LogP contribution in [-0.4, -0.2) is 70.1 Å². The van der Waals surface area contributed by atoms with Crippen LogP contribution >= 0.6 is 0 Å². The van der Waals surface area contributed by atoms with Crippen molar-refractivity contribution >= 4 is 39.1 Å². The molecule has 0 aliphatic carbocycles. The van der Waals surface area contributed by atoms with Crippen molar-refractivity contribution in [1.82, 2.24) is 25.1 Å². The maximum Gasteiger partial charge on any atom is 0.317 e. The number of benzene rings is 2. The van der Waals surface area contributed by atoms with E-state index in [0.717, 1.165) is 37.2 Å². The van der Waals surface area contributed by atoms with Gasteiger partial charge in [-0.2, -0.15) is 10.1 Å². The summed E-state index contributed by atoms with van der Waals surface area (Å²) in [7, 11) is 1.72. The lowest BCUT2D eigenvalue weighted by Gasteiger charge is -2.38. The molecule has 2 fully saturated rings. The third-order valence-corrected chi connectivity index (χ3v) is 6.97. The molecule has 2 aromatic heterocycles. The van der Waals surface area contributed by atoms with Gasteiger partial charge in [-0.3, -0.25) is 9.48 Å². The minimum absolute atomic E-state index is 0.0320. The van der Waals surface area contributed by atoms with Crippen LogP contribution in [0.3, 0.4) is 0 Å². The van der Waals surface area contributed by atoms with Gasteiger partial charge < -0.3 is 25.0 Å². The van der Waals surface area contributed by atoms with Crippen LogP contribution in [0.1, 0.15) is 30.6 Å². The number of halogens is 1. The Kier molecular flexibility index (Phi) is 6.32. The highest BCUT2D eigenvalue weighted by atomic mass is 19.1. The molecule has 6 rings (SSSR count). The third kappa shape index (κ3) is 4.74.